The van der Waals surface area contributed by atoms with Crippen molar-refractivity contribution in [3.05, 3.63) is 66.1 Å². The Bertz CT molecular complexity index is 1200. The predicted molar refractivity (Wildman–Crippen MR) is 132 cm³/mol. The van der Waals surface area contributed by atoms with E-state index in [9.17, 15) is 24.5 Å². The van der Waals surface area contributed by atoms with Gasteiger partial charge in [-0.25, -0.2) is 4.79 Å². The number of nitro benzene ring substituents is 1. The highest BCUT2D eigenvalue weighted by Gasteiger charge is 2.41. The van der Waals surface area contributed by atoms with Crippen LogP contribution in [0, 0.1) is 13.7 Å². The van der Waals surface area contributed by atoms with Crippen LogP contribution in [0.3, 0.4) is 0 Å². The van der Waals surface area contributed by atoms with E-state index in [1.54, 1.807) is 24.3 Å². The largest absolute Gasteiger partial charge is 0.493 e. The summed E-state index contributed by atoms with van der Waals surface area (Å²) in [5.41, 5.74) is 1.17. The van der Waals surface area contributed by atoms with Gasteiger partial charge in [0.2, 0.25) is 0 Å². The van der Waals surface area contributed by atoms with Gasteiger partial charge in [-0.05, 0) is 70.6 Å². The van der Waals surface area contributed by atoms with E-state index >= 15 is 0 Å². The molecule has 3 rings (SSSR count). The summed E-state index contributed by atoms with van der Waals surface area (Å²) < 4.78 is 16.6. The van der Waals surface area contributed by atoms with Gasteiger partial charge >= 0.3 is 5.97 Å². The third-order valence-electron chi connectivity index (χ3n) is 4.81. The number of esters is 1. The number of benzene rings is 2. The first kappa shape index (κ1) is 25.5. The van der Waals surface area contributed by atoms with Crippen LogP contribution >= 0.6 is 34.4 Å². The van der Waals surface area contributed by atoms with E-state index < -0.39 is 28.1 Å². The summed E-state index contributed by atoms with van der Waals surface area (Å²) in [6.45, 7) is 1.50. The zero-order valence-electron chi connectivity index (χ0n) is 18.3. The van der Waals surface area contributed by atoms with Crippen molar-refractivity contribution >= 4 is 63.2 Å². The Morgan fingerprint density at radius 3 is 2.65 bits per heavy atom. The second-order valence-electron chi connectivity index (χ2n) is 7.00. The minimum absolute atomic E-state index is 0.0337. The number of carbonyl (C=O) groups is 3. The lowest BCUT2D eigenvalue weighted by Crippen LogP contribution is -2.42. The van der Waals surface area contributed by atoms with Crippen LogP contribution in [0.15, 0.2) is 41.3 Å². The molecule has 2 aromatic carbocycles. The minimum Gasteiger partial charge on any atom is -0.493 e. The number of imide groups is 1. The third-order valence-corrected chi connectivity index (χ3v) is 6.49. The van der Waals surface area contributed by atoms with Crippen LogP contribution in [0.25, 0.3) is 6.08 Å². The first-order valence-corrected chi connectivity index (χ1v) is 11.6. The topological polar surface area (TPSA) is 125 Å². The number of halogens is 1. The van der Waals surface area contributed by atoms with Crippen LogP contribution in [-0.4, -0.2) is 47.2 Å². The van der Waals surface area contributed by atoms with E-state index in [-0.39, 0.29) is 17.2 Å². The summed E-state index contributed by atoms with van der Waals surface area (Å²) in [6, 6.07) is 8.46. The van der Waals surface area contributed by atoms with Crippen molar-refractivity contribution in [2.75, 3.05) is 14.2 Å². The molecule has 0 unspecified atom stereocenters. The zero-order chi connectivity index (χ0) is 25.0. The average Bonchev–Trinajstić information content (AvgIpc) is 3.09. The van der Waals surface area contributed by atoms with E-state index in [2.05, 4.69) is 4.74 Å². The SMILES string of the molecule is COC(=O)[C@@H](C)N1C(=O)S/C(=C/c2cc(I)c(OCc3cccc([N+](=O)[O-])c3)c(OC)c2)C1=O. The number of ether oxygens (including phenoxy) is 3. The number of nitro groups is 1. The molecule has 10 nitrogen and oxygen atoms in total. The molecule has 1 saturated heterocycles. The number of hydrogen-bond acceptors (Lipinski definition) is 9. The fraction of sp³-hybridized carbons (Fsp3) is 0.227. The van der Waals surface area contributed by atoms with Gasteiger partial charge in [0.1, 0.15) is 12.6 Å². The Balaban J connectivity index is 1.83. The van der Waals surface area contributed by atoms with Crippen LogP contribution < -0.4 is 9.47 Å². The predicted octanol–water partition coefficient (Wildman–Crippen LogP) is 4.38. The molecule has 0 aliphatic carbocycles. The molecular formula is C22H19IN2O8S. The lowest BCUT2D eigenvalue weighted by molar-refractivity contribution is -0.384. The molecule has 178 valence electrons. The number of methoxy groups -OCH3 is 2. The maximum atomic E-state index is 12.7. The molecule has 1 aliphatic rings. The van der Waals surface area contributed by atoms with Gasteiger partial charge in [0.05, 0.1) is 27.6 Å². The van der Waals surface area contributed by atoms with Crippen LogP contribution in [0.1, 0.15) is 18.1 Å². The monoisotopic (exact) mass is 598 g/mol. The van der Waals surface area contributed by atoms with Gasteiger partial charge in [-0.15, -0.1) is 0 Å². The van der Waals surface area contributed by atoms with E-state index in [0.717, 1.165) is 16.7 Å². The molecule has 12 heteroatoms. The lowest BCUT2D eigenvalue weighted by Gasteiger charge is -2.18. The van der Waals surface area contributed by atoms with Gasteiger partial charge in [-0.1, -0.05) is 12.1 Å². The number of rotatable bonds is 8. The van der Waals surface area contributed by atoms with E-state index in [1.807, 2.05) is 22.6 Å². The first-order chi connectivity index (χ1) is 16.2. The van der Waals surface area contributed by atoms with Crippen molar-refractivity contribution in [3.63, 3.8) is 0 Å². The number of amides is 2. The molecule has 34 heavy (non-hydrogen) atoms. The number of non-ortho nitro benzene ring substituents is 1. The number of carbonyl (C=O) groups excluding carboxylic acids is 3. The molecule has 1 aliphatic heterocycles. The standard InChI is InChI=1S/C22H19IN2O8S/c1-12(21(27)32-3)24-20(26)18(34-22(24)28)10-14-8-16(23)19(17(9-14)31-2)33-11-13-5-4-6-15(7-13)25(29)30/h4-10,12H,11H2,1-3H3/b18-10+/t12-/m1/s1. The number of thioether (sulfide) groups is 1. The van der Waals surface area contributed by atoms with E-state index in [0.29, 0.717) is 26.2 Å². The third kappa shape index (κ3) is 5.50. The molecule has 0 saturated carbocycles. The second-order valence-corrected chi connectivity index (χ2v) is 9.16. The lowest BCUT2D eigenvalue weighted by atomic mass is 10.1. The van der Waals surface area contributed by atoms with Crippen LogP contribution in [0.4, 0.5) is 10.5 Å². The fourth-order valence-electron chi connectivity index (χ4n) is 3.12. The Morgan fingerprint density at radius 1 is 1.26 bits per heavy atom. The molecule has 2 aromatic rings. The fourth-order valence-corrected chi connectivity index (χ4v) is 4.81. The molecule has 0 spiro atoms. The molecule has 0 radical (unpaired) electrons. The molecule has 1 heterocycles. The van der Waals surface area contributed by atoms with Gasteiger partial charge in [-0.3, -0.25) is 24.6 Å². The van der Waals surface area contributed by atoms with Gasteiger partial charge in [0.15, 0.2) is 11.5 Å². The Morgan fingerprint density at radius 2 is 2.00 bits per heavy atom. The minimum atomic E-state index is -1.04. The van der Waals surface area contributed by atoms with Gasteiger partial charge in [0, 0.05) is 12.1 Å². The maximum absolute atomic E-state index is 12.7. The number of nitrogens with zero attached hydrogens (tertiary/aromatic N) is 2. The Hall–Kier alpha value is -3.13. The summed E-state index contributed by atoms with van der Waals surface area (Å²) in [7, 11) is 2.64. The van der Waals surface area contributed by atoms with Crippen molar-refractivity contribution in [3.8, 4) is 11.5 Å². The summed E-state index contributed by atoms with van der Waals surface area (Å²) in [5.74, 6) is -0.470. The molecule has 0 aromatic heterocycles. The summed E-state index contributed by atoms with van der Waals surface area (Å²) >= 11 is 2.78. The molecule has 0 N–H and O–H groups in total. The molecule has 2 amide bonds. The Kier molecular flexibility index (Phi) is 8.15. The number of hydrogen-bond donors (Lipinski definition) is 0. The van der Waals surface area contributed by atoms with Crippen LogP contribution in [-0.2, 0) is 20.9 Å². The van der Waals surface area contributed by atoms with Gasteiger partial charge in [0.25, 0.3) is 16.8 Å². The zero-order valence-corrected chi connectivity index (χ0v) is 21.2. The van der Waals surface area contributed by atoms with Crippen molar-refractivity contribution in [1.29, 1.82) is 0 Å². The normalized spacial score (nSPS) is 15.4. The molecular weight excluding hydrogens is 579 g/mol. The van der Waals surface area contributed by atoms with Gasteiger partial charge in [-0.2, -0.15) is 0 Å². The smallest absolute Gasteiger partial charge is 0.328 e. The molecule has 1 atom stereocenters. The van der Waals surface area contributed by atoms with Crippen LogP contribution in [0.5, 0.6) is 11.5 Å². The average molecular weight is 598 g/mol. The van der Waals surface area contributed by atoms with Crippen molar-refractivity contribution < 1.29 is 33.5 Å². The summed E-state index contributed by atoms with van der Waals surface area (Å²) in [5, 5.41) is 10.4. The van der Waals surface area contributed by atoms with Crippen molar-refractivity contribution in [2.45, 2.75) is 19.6 Å². The summed E-state index contributed by atoms with van der Waals surface area (Å²) in [6.07, 6.45) is 1.53. The first-order valence-electron chi connectivity index (χ1n) is 9.74. The maximum Gasteiger partial charge on any atom is 0.328 e. The van der Waals surface area contributed by atoms with Gasteiger partial charge < -0.3 is 14.2 Å². The molecule has 0 bridgehead atoms. The van der Waals surface area contributed by atoms with Crippen molar-refractivity contribution in [1.82, 2.24) is 4.90 Å². The van der Waals surface area contributed by atoms with E-state index in [1.165, 1.54) is 39.4 Å². The van der Waals surface area contributed by atoms with Crippen LogP contribution in [0.2, 0.25) is 0 Å². The van der Waals surface area contributed by atoms with E-state index in [4.69, 9.17) is 9.47 Å². The summed E-state index contributed by atoms with van der Waals surface area (Å²) in [4.78, 5) is 48.3. The highest BCUT2D eigenvalue weighted by Crippen LogP contribution is 2.38. The van der Waals surface area contributed by atoms with Crippen molar-refractivity contribution in [2.24, 2.45) is 0 Å². The second kappa shape index (κ2) is 10.9. The molecule has 1 fully saturated rings. The highest BCUT2D eigenvalue weighted by molar-refractivity contribution is 14.1. The highest BCUT2D eigenvalue weighted by atomic mass is 127. The Labute approximate surface area is 212 Å². The quantitative estimate of drug-likeness (QED) is 0.143.